The fourth-order valence-corrected chi connectivity index (χ4v) is 2.35. The number of carbonyl (C=O) groups is 1. The lowest BCUT2D eigenvalue weighted by molar-refractivity contribution is -0.392. The molecule has 118 valence electrons. The third-order valence-electron chi connectivity index (χ3n) is 3.40. The molecule has 3 rings (SSSR count). The van der Waals surface area contributed by atoms with Gasteiger partial charge in [-0.25, -0.2) is 4.98 Å². The summed E-state index contributed by atoms with van der Waals surface area (Å²) in [7, 11) is 1.78. The Morgan fingerprint density at radius 1 is 1.39 bits per heavy atom. The topological polar surface area (TPSA) is 108 Å². The predicted octanol–water partition coefficient (Wildman–Crippen LogP) is 1.63. The monoisotopic (exact) mass is 314 g/mol. The quantitative estimate of drug-likeness (QED) is 0.581. The Morgan fingerprint density at radius 3 is 2.83 bits per heavy atom. The summed E-state index contributed by atoms with van der Waals surface area (Å²) in [4.78, 5) is 26.8. The van der Waals surface area contributed by atoms with Crippen LogP contribution in [0.2, 0.25) is 0 Å². The van der Waals surface area contributed by atoms with Gasteiger partial charge in [0.2, 0.25) is 5.95 Å². The number of benzene rings is 1. The molecule has 1 N–H and O–H groups in total. The van der Waals surface area contributed by atoms with Crippen LogP contribution in [-0.4, -0.2) is 30.2 Å². The molecule has 0 unspecified atom stereocenters. The number of hydrogen-bond acceptors (Lipinski definition) is 5. The summed E-state index contributed by atoms with van der Waals surface area (Å²) in [5.41, 5.74) is 2.11. The Morgan fingerprint density at radius 2 is 2.13 bits per heavy atom. The van der Waals surface area contributed by atoms with Gasteiger partial charge in [-0.2, -0.15) is 0 Å². The number of amides is 1. The van der Waals surface area contributed by atoms with Crippen LogP contribution >= 0.6 is 0 Å². The third kappa shape index (κ3) is 2.76. The number of nitro groups is 1. The van der Waals surface area contributed by atoms with Gasteiger partial charge in [0, 0.05) is 7.05 Å². The van der Waals surface area contributed by atoms with Crippen LogP contribution in [0.25, 0.3) is 11.0 Å². The van der Waals surface area contributed by atoms with Crippen molar-refractivity contribution in [2.24, 2.45) is 7.05 Å². The zero-order chi connectivity index (χ0) is 16.6. The van der Waals surface area contributed by atoms with Crippen LogP contribution in [0.5, 0.6) is 0 Å². The Labute approximate surface area is 130 Å². The molecule has 0 bridgehead atoms. The molecule has 0 fully saturated rings. The Bertz CT molecular complexity index is 911. The summed E-state index contributed by atoms with van der Waals surface area (Å²) in [6.07, 6.45) is 0. The molecule has 0 aliphatic rings. The number of hydrogen-bond donors (Lipinski definition) is 1. The highest BCUT2D eigenvalue weighted by Gasteiger charge is 2.20. The molecule has 1 aromatic carbocycles. The summed E-state index contributed by atoms with van der Waals surface area (Å²) in [5.74, 6) is -0.278. The van der Waals surface area contributed by atoms with Crippen LogP contribution in [0.1, 0.15) is 5.69 Å². The van der Waals surface area contributed by atoms with Gasteiger partial charge in [-0.15, -0.1) is 4.68 Å². The highest BCUT2D eigenvalue weighted by molar-refractivity contribution is 5.91. The minimum atomic E-state index is -0.567. The van der Waals surface area contributed by atoms with Crippen LogP contribution in [0, 0.1) is 17.0 Å². The summed E-state index contributed by atoms with van der Waals surface area (Å²) in [6.45, 7) is 1.38. The Kier molecular flexibility index (Phi) is 3.53. The van der Waals surface area contributed by atoms with Crippen molar-refractivity contribution >= 4 is 28.7 Å². The number of aromatic nitrogens is 4. The second-order valence-electron chi connectivity index (χ2n) is 5.09. The van der Waals surface area contributed by atoms with E-state index in [4.69, 9.17) is 0 Å². The van der Waals surface area contributed by atoms with Crippen LogP contribution in [0.4, 0.5) is 11.8 Å². The summed E-state index contributed by atoms with van der Waals surface area (Å²) in [5, 5.41) is 17.6. The SMILES string of the molecule is Cc1cc([N+](=O)[O-])n(CC(=O)Nc2nc3ccccc3n2C)n1. The minimum Gasteiger partial charge on any atom is -0.358 e. The van der Waals surface area contributed by atoms with E-state index in [9.17, 15) is 14.9 Å². The smallest absolute Gasteiger partial charge is 0.345 e. The molecule has 0 aliphatic heterocycles. The van der Waals surface area contributed by atoms with E-state index in [1.165, 1.54) is 6.07 Å². The molecule has 9 heteroatoms. The first-order chi connectivity index (χ1) is 11.0. The first kappa shape index (κ1) is 14.7. The zero-order valence-corrected chi connectivity index (χ0v) is 12.6. The van der Waals surface area contributed by atoms with E-state index in [0.29, 0.717) is 11.6 Å². The lowest BCUT2D eigenvalue weighted by atomic mass is 10.3. The van der Waals surface area contributed by atoms with Crippen molar-refractivity contribution in [3.05, 3.63) is 46.1 Å². The predicted molar refractivity (Wildman–Crippen MR) is 83.0 cm³/mol. The number of nitrogens with zero attached hydrogens (tertiary/aromatic N) is 5. The summed E-state index contributed by atoms with van der Waals surface area (Å²) >= 11 is 0. The van der Waals surface area contributed by atoms with E-state index in [1.807, 2.05) is 24.3 Å². The van der Waals surface area contributed by atoms with E-state index in [2.05, 4.69) is 15.4 Å². The Balaban J connectivity index is 1.82. The van der Waals surface area contributed by atoms with Gasteiger partial charge in [0.05, 0.1) is 22.8 Å². The number of anilines is 1. The van der Waals surface area contributed by atoms with Gasteiger partial charge in [0.25, 0.3) is 5.91 Å². The zero-order valence-electron chi connectivity index (χ0n) is 12.6. The van der Waals surface area contributed by atoms with Gasteiger partial charge in [-0.1, -0.05) is 17.2 Å². The van der Waals surface area contributed by atoms with Crippen molar-refractivity contribution in [2.75, 3.05) is 5.32 Å². The average molecular weight is 314 g/mol. The molecule has 0 atom stereocenters. The number of nitrogens with one attached hydrogen (secondary N) is 1. The van der Waals surface area contributed by atoms with E-state index >= 15 is 0 Å². The molecule has 9 nitrogen and oxygen atoms in total. The molecule has 2 heterocycles. The molecule has 0 aliphatic carbocycles. The van der Waals surface area contributed by atoms with E-state index in [-0.39, 0.29) is 12.4 Å². The number of para-hydroxylation sites is 2. The van der Waals surface area contributed by atoms with Crippen molar-refractivity contribution in [1.29, 1.82) is 0 Å². The average Bonchev–Trinajstić information content (AvgIpc) is 3.01. The van der Waals surface area contributed by atoms with Gasteiger partial charge in [0.1, 0.15) is 0 Å². The second-order valence-corrected chi connectivity index (χ2v) is 5.09. The fraction of sp³-hybridized carbons (Fsp3) is 0.214. The van der Waals surface area contributed by atoms with Crippen molar-refractivity contribution in [2.45, 2.75) is 13.5 Å². The second kappa shape index (κ2) is 5.52. The molecule has 2 aromatic heterocycles. The van der Waals surface area contributed by atoms with Crippen LogP contribution < -0.4 is 5.32 Å². The van der Waals surface area contributed by atoms with Crippen molar-refractivity contribution in [1.82, 2.24) is 19.3 Å². The normalized spacial score (nSPS) is 10.9. The summed E-state index contributed by atoms with van der Waals surface area (Å²) in [6, 6.07) is 8.79. The molecule has 1 amide bonds. The summed E-state index contributed by atoms with van der Waals surface area (Å²) < 4.78 is 2.81. The molecule has 3 aromatic rings. The number of fused-ring (bicyclic) bond motifs is 1. The Hall–Kier alpha value is -3.23. The van der Waals surface area contributed by atoms with Crippen LogP contribution in [0.3, 0.4) is 0 Å². The third-order valence-corrected chi connectivity index (χ3v) is 3.40. The largest absolute Gasteiger partial charge is 0.358 e. The number of aryl methyl sites for hydroxylation is 2. The van der Waals surface area contributed by atoms with Crippen molar-refractivity contribution < 1.29 is 9.72 Å². The number of rotatable bonds is 4. The molecule has 0 spiro atoms. The van der Waals surface area contributed by atoms with Gasteiger partial charge < -0.3 is 14.7 Å². The number of imidazole rings is 1. The highest BCUT2D eigenvalue weighted by Crippen LogP contribution is 2.18. The van der Waals surface area contributed by atoms with Gasteiger partial charge in [0.15, 0.2) is 6.54 Å². The first-order valence-electron chi connectivity index (χ1n) is 6.86. The van der Waals surface area contributed by atoms with Crippen LogP contribution in [-0.2, 0) is 18.4 Å². The maximum absolute atomic E-state index is 12.1. The highest BCUT2D eigenvalue weighted by atomic mass is 16.6. The van der Waals surface area contributed by atoms with Gasteiger partial charge in [-0.05, 0) is 24.0 Å². The number of carbonyl (C=O) groups excluding carboxylic acids is 1. The van der Waals surface area contributed by atoms with E-state index in [1.54, 1.807) is 18.5 Å². The molecule has 0 saturated carbocycles. The maximum atomic E-state index is 12.1. The van der Waals surface area contributed by atoms with Gasteiger partial charge in [-0.3, -0.25) is 10.1 Å². The van der Waals surface area contributed by atoms with Gasteiger partial charge >= 0.3 is 5.82 Å². The molecule has 0 radical (unpaired) electrons. The van der Waals surface area contributed by atoms with Crippen molar-refractivity contribution in [3.8, 4) is 0 Å². The molecule has 0 saturated heterocycles. The molecular formula is C14H14N6O3. The maximum Gasteiger partial charge on any atom is 0.345 e. The van der Waals surface area contributed by atoms with E-state index in [0.717, 1.165) is 15.7 Å². The lowest BCUT2D eigenvalue weighted by Gasteiger charge is -2.04. The fourth-order valence-electron chi connectivity index (χ4n) is 2.35. The molecular weight excluding hydrogens is 300 g/mol. The van der Waals surface area contributed by atoms with Crippen LogP contribution in [0.15, 0.2) is 30.3 Å². The molecule has 23 heavy (non-hydrogen) atoms. The lowest BCUT2D eigenvalue weighted by Crippen LogP contribution is -2.22. The van der Waals surface area contributed by atoms with Crippen molar-refractivity contribution in [3.63, 3.8) is 0 Å². The van der Waals surface area contributed by atoms with E-state index < -0.39 is 10.8 Å². The standard InChI is InChI=1S/C14H14N6O3/c1-9-7-13(20(22)23)19(17-9)8-12(21)16-14-15-10-5-3-4-6-11(10)18(14)2/h3-7H,8H2,1-2H3,(H,15,16,21). The first-order valence-corrected chi connectivity index (χ1v) is 6.86. The minimum absolute atomic E-state index is 0.220.